The molecule has 4 aromatic rings. The van der Waals surface area contributed by atoms with Crippen LogP contribution in [0.2, 0.25) is 0 Å². The first-order valence-corrected chi connectivity index (χ1v) is 11.3. The van der Waals surface area contributed by atoms with Crippen LogP contribution in [0.4, 0.5) is 5.69 Å². The second kappa shape index (κ2) is 9.37. The van der Waals surface area contributed by atoms with Gasteiger partial charge in [-0.15, -0.1) is 0 Å². The highest BCUT2D eigenvalue weighted by atomic mass is 79.9. The second-order valence-corrected chi connectivity index (χ2v) is 8.67. The molecule has 0 saturated heterocycles. The molecule has 0 aliphatic heterocycles. The Bertz CT molecular complexity index is 1370. The number of hydrogen-bond donors (Lipinski definition) is 2. The van der Waals surface area contributed by atoms with Gasteiger partial charge in [-0.1, -0.05) is 39.8 Å². The fourth-order valence-corrected chi connectivity index (χ4v) is 4.15. The molecule has 0 saturated carbocycles. The number of halogens is 1. The van der Waals surface area contributed by atoms with Crippen LogP contribution in [0.5, 0.6) is 0 Å². The third-order valence-corrected chi connectivity index (χ3v) is 6.08. The van der Waals surface area contributed by atoms with Crippen molar-refractivity contribution in [2.45, 2.75) is 5.16 Å². The molecule has 0 fully saturated rings. The number of anilines is 1. The predicted molar refractivity (Wildman–Crippen MR) is 129 cm³/mol. The Morgan fingerprint density at radius 3 is 2.38 bits per heavy atom. The molecular weight excluding hydrogens is 492 g/mol. The molecule has 32 heavy (non-hydrogen) atoms. The van der Waals surface area contributed by atoms with E-state index in [9.17, 15) is 14.4 Å². The molecule has 0 aliphatic carbocycles. The molecule has 1 aromatic heterocycles. The number of para-hydroxylation sites is 1. The highest BCUT2D eigenvalue weighted by molar-refractivity contribution is 9.10. The summed E-state index contributed by atoms with van der Waals surface area (Å²) in [5.41, 5.74) is 7.14. The van der Waals surface area contributed by atoms with Crippen LogP contribution in [0.15, 0.2) is 87.2 Å². The van der Waals surface area contributed by atoms with E-state index >= 15 is 0 Å². The highest BCUT2D eigenvalue weighted by Crippen LogP contribution is 2.23. The molecule has 0 aliphatic rings. The zero-order valence-corrected chi connectivity index (χ0v) is 19.0. The van der Waals surface area contributed by atoms with Gasteiger partial charge in [-0.2, -0.15) is 0 Å². The van der Waals surface area contributed by atoms with Crippen molar-refractivity contribution in [3.8, 4) is 5.69 Å². The van der Waals surface area contributed by atoms with E-state index < -0.39 is 5.91 Å². The van der Waals surface area contributed by atoms with Gasteiger partial charge in [-0.25, -0.2) is 4.98 Å². The molecule has 2 amide bonds. The third kappa shape index (κ3) is 4.74. The van der Waals surface area contributed by atoms with Gasteiger partial charge in [0.05, 0.1) is 22.3 Å². The number of nitrogens with two attached hydrogens (primary N) is 1. The Morgan fingerprint density at radius 1 is 1.00 bits per heavy atom. The van der Waals surface area contributed by atoms with Gasteiger partial charge >= 0.3 is 0 Å². The number of nitrogens with zero attached hydrogens (tertiary/aromatic N) is 2. The summed E-state index contributed by atoms with van der Waals surface area (Å²) in [5.74, 6) is -0.767. The quantitative estimate of drug-likeness (QED) is 0.302. The first kappa shape index (κ1) is 21.8. The van der Waals surface area contributed by atoms with Crippen LogP contribution in [0.3, 0.4) is 0 Å². The van der Waals surface area contributed by atoms with E-state index in [1.807, 2.05) is 30.3 Å². The minimum atomic E-state index is -0.535. The zero-order chi connectivity index (χ0) is 22.7. The van der Waals surface area contributed by atoms with Gasteiger partial charge in [0.15, 0.2) is 5.16 Å². The highest BCUT2D eigenvalue weighted by Gasteiger charge is 2.15. The number of rotatable bonds is 6. The molecular formula is C23H17BrN4O3S. The van der Waals surface area contributed by atoms with E-state index in [0.29, 0.717) is 33.0 Å². The molecule has 7 nitrogen and oxygen atoms in total. The summed E-state index contributed by atoms with van der Waals surface area (Å²) in [6.07, 6.45) is 0. The summed E-state index contributed by atoms with van der Waals surface area (Å²) in [5, 5.41) is 3.67. The van der Waals surface area contributed by atoms with Crippen molar-refractivity contribution >= 4 is 56.1 Å². The first-order chi connectivity index (χ1) is 15.4. The van der Waals surface area contributed by atoms with E-state index in [1.165, 1.54) is 4.57 Å². The van der Waals surface area contributed by atoms with Crippen molar-refractivity contribution < 1.29 is 9.59 Å². The van der Waals surface area contributed by atoms with Crippen molar-refractivity contribution in [1.29, 1.82) is 0 Å². The predicted octanol–water partition coefficient (Wildman–Crippen LogP) is 3.98. The fourth-order valence-electron chi connectivity index (χ4n) is 3.07. The summed E-state index contributed by atoms with van der Waals surface area (Å²) in [6.45, 7) is 0. The van der Waals surface area contributed by atoms with Gasteiger partial charge in [-0.05, 0) is 60.7 Å². The maximum absolute atomic E-state index is 13.2. The van der Waals surface area contributed by atoms with Gasteiger partial charge in [-0.3, -0.25) is 19.0 Å². The summed E-state index contributed by atoms with van der Waals surface area (Å²) < 4.78 is 2.40. The van der Waals surface area contributed by atoms with Crippen molar-refractivity contribution in [3.05, 3.63) is 93.2 Å². The molecule has 9 heteroatoms. The average molecular weight is 509 g/mol. The Balaban J connectivity index is 1.61. The summed E-state index contributed by atoms with van der Waals surface area (Å²) >= 11 is 4.57. The van der Waals surface area contributed by atoms with E-state index in [4.69, 9.17) is 5.73 Å². The van der Waals surface area contributed by atoms with Crippen LogP contribution in [0.25, 0.3) is 16.6 Å². The second-order valence-electron chi connectivity index (χ2n) is 6.81. The molecule has 0 unspecified atom stereocenters. The number of aromatic nitrogens is 2. The van der Waals surface area contributed by atoms with Crippen LogP contribution in [-0.4, -0.2) is 27.1 Å². The van der Waals surface area contributed by atoms with E-state index in [2.05, 4.69) is 26.2 Å². The Hall–Kier alpha value is -3.43. The number of fused-ring (bicyclic) bond motifs is 1. The number of benzene rings is 3. The molecule has 1 heterocycles. The minimum Gasteiger partial charge on any atom is -0.366 e. The minimum absolute atomic E-state index is 0.0406. The summed E-state index contributed by atoms with van der Waals surface area (Å²) in [4.78, 5) is 41.5. The summed E-state index contributed by atoms with van der Waals surface area (Å²) in [7, 11) is 0. The average Bonchev–Trinajstić information content (AvgIpc) is 2.79. The number of amides is 2. The van der Waals surface area contributed by atoms with Gasteiger partial charge in [0.1, 0.15) is 0 Å². The lowest BCUT2D eigenvalue weighted by molar-refractivity contribution is -0.113. The Labute approximate surface area is 195 Å². The lowest BCUT2D eigenvalue weighted by Crippen LogP contribution is -2.23. The molecule has 4 rings (SSSR count). The van der Waals surface area contributed by atoms with Gasteiger partial charge in [0, 0.05) is 15.7 Å². The number of carbonyl (C=O) groups is 2. The maximum atomic E-state index is 13.2. The van der Waals surface area contributed by atoms with E-state index in [0.717, 1.165) is 16.2 Å². The third-order valence-electron chi connectivity index (χ3n) is 4.62. The number of carbonyl (C=O) groups excluding carboxylic acids is 2. The number of thioether (sulfide) groups is 1. The lowest BCUT2D eigenvalue weighted by atomic mass is 10.2. The lowest BCUT2D eigenvalue weighted by Gasteiger charge is -2.13. The number of nitrogens with one attached hydrogen (secondary N) is 1. The largest absolute Gasteiger partial charge is 0.366 e. The Kier molecular flexibility index (Phi) is 6.38. The van der Waals surface area contributed by atoms with Gasteiger partial charge in [0.2, 0.25) is 11.8 Å². The van der Waals surface area contributed by atoms with E-state index in [-0.39, 0.29) is 17.2 Å². The monoisotopic (exact) mass is 508 g/mol. The number of primary amides is 1. The molecule has 0 radical (unpaired) electrons. The molecule has 3 N–H and O–H groups in total. The molecule has 0 bridgehead atoms. The molecule has 0 spiro atoms. The van der Waals surface area contributed by atoms with Gasteiger partial charge in [0.25, 0.3) is 5.56 Å². The van der Waals surface area contributed by atoms with Crippen molar-refractivity contribution in [2.75, 3.05) is 11.1 Å². The smallest absolute Gasteiger partial charge is 0.266 e. The van der Waals surface area contributed by atoms with Crippen molar-refractivity contribution in [3.63, 3.8) is 0 Å². The SMILES string of the molecule is NC(=O)c1ccc(NC(=O)CSc2nc3ccccc3c(=O)n2-c2ccc(Br)cc2)cc1. The maximum Gasteiger partial charge on any atom is 0.266 e. The first-order valence-electron chi connectivity index (χ1n) is 9.52. The van der Waals surface area contributed by atoms with Crippen molar-refractivity contribution in [2.24, 2.45) is 5.73 Å². The summed E-state index contributed by atoms with van der Waals surface area (Å²) in [6, 6.07) is 20.7. The molecule has 0 atom stereocenters. The standard InChI is InChI=1S/C23H17BrN4O3S/c24-15-7-11-17(12-8-15)28-22(31)18-3-1-2-4-19(18)27-23(28)32-13-20(29)26-16-9-5-14(6-10-16)21(25)30/h1-12H,13H2,(H2,25,30)(H,26,29). The van der Waals surface area contributed by atoms with Crippen LogP contribution in [0, 0.1) is 0 Å². The van der Waals surface area contributed by atoms with Crippen LogP contribution in [0.1, 0.15) is 10.4 Å². The van der Waals surface area contributed by atoms with Crippen LogP contribution >= 0.6 is 27.7 Å². The topological polar surface area (TPSA) is 107 Å². The molecule has 160 valence electrons. The van der Waals surface area contributed by atoms with Crippen LogP contribution in [-0.2, 0) is 4.79 Å². The number of hydrogen-bond acceptors (Lipinski definition) is 5. The molecule has 3 aromatic carbocycles. The zero-order valence-electron chi connectivity index (χ0n) is 16.6. The van der Waals surface area contributed by atoms with Gasteiger partial charge < -0.3 is 11.1 Å². The van der Waals surface area contributed by atoms with Crippen LogP contribution < -0.4 is 16.6 Å². The normalized spacial score (nSPS) is 10.8. The van der Waals surface area contributed by atoms with E-state index in [1.54, 1.807) is 42.5 Å². The Morgan fingerprint density at radius 2 is 1.69 bits per heavy atom. The fraction of sp³-hybridized carbons (Fsp3) is 0.0435. The van der Waals surface area contributed by atoms with Crippen molar-refractivity contribution in [1.82, 2.24) is 9.55 Å².